The molecule has 2 unspecified atom stereocenters. The number of likely N-dealkylation sites (tertiary alicyclic amines) is 2. The van der Waals surface area contributed by atoms with Crippen molar-refractivity contribution in [2.45, 2.75) is 44.4 Å². The Kier molecular flexibility index (Phi) is 8.69. The van der Waals surface area contributed by atoms with Gasteiger partial charge in [-0.3, -0.25) is 30.4 Å². The van der Waals surface area contributed by atoms with Gasteiger partial charge in [-0.05, 0) is 94.8 Å². The number of nitrogens with one attached hydrogen (secondary N) is 2. The number of carbonyl (C=O) groups is 2. The van der Waals surface area contributed by atoms with Gasteiger partial charge in [0.1, 0.15) is 0 Å². The molecule has 0 radical (unpaired) electrons. The molecule has 0 spiro atoms. The fraction of sp³-hybridized carbons (Fsp3) is 0.500. The molecule has 2 aromatic rings. The van der Waals surface area contributed by atoms with E-state index < -0.39 is 0 Å². The largest absolute Gasteiger partial charge is 0.343 e. The molecule has 0 bridgehead atoms. The van der Waals surface area contributed by atoms with Gasteiger partial charge in [0.25, 0.3) is 0 Å². The second-order valence-electron chi connectivity index (χ2n) is 10.8. The van der Waals surface area contributed by atoms with Gasteiger partial charge in [0.2, 0.25) is 18.3 Å². The first-order valence-electron chi connectivity index (χ1n) is 13.4. The zero-order valence-electron chi connectivity index (χ0n) is 21.9. The molecular weight excluding hydrogens is 603 g/mol. The number of hydrogen-bond donors (Lipinski definition) is 2. The molecule has 39 heavy (non-hydrogen) atoms. The maximum Gasteiger partial charge on any atom is 0.227 e. The van der Waals surface area contributed by atoms with Gasteiger partial charge in [-0.1, -0.05) is 23.2 Å². The van der Waals surface area contributed by atoms with Crippen molar-refractivity contribution in [2.24, 2.45) is 11.8 Å². The highest BCUT2D eigenvalue weighted by molar-refractivity contribution is 9.10. The van der Waals surface area contributed by atoms with Crippen LogP contribution >= 0.6 is 39.1 Å². The number of amides is 2. The average Bonchev–Trinajstić information content (AvgIpc) is 3.31. The highest BCUT2D eigenvalue weighted by atomic mass is 79.9. The average molecular weight is 636 g/mol. The second-order valence-corrected chi connectivity index (χ2v) is 12.6. The van der Waals surface area contributed by atoms with Gasteiger partial charge >= 0.3 is 0 Å². The van der Waals surface area contributed by atoms with E-state index in [-0.39, 0.29) is 23.7 Å². The number of guanidine groups is 1. The van der Waals surface area contributed by atoms with E-state index in [1.807, 2.05) is 28.1 Å². The molecule has 2 aliphatic heterocycles. The Hall–Kier alpha value is -2.36. The number of pyridine rings is 1. The number of halogens is 3. The third-order valence-electron chi connectivity index (χ3n) is 8.29. The van der Waals surface area contributed by atoms with E-state index >= 15 is 0 Å². The summed E-state index contributed by atoms with van der Waals surface area (Å²) in [7, 11) is 1.56. The number of piperidine rings is 1. The molecule has 2 fully saturated rings. The van der Waals surface area contributed by atoms with E-state index in [0.717, 1.165) is 47.8 Å². The molecule has 2 amide bonds. The van der Waals surface area contributed by atoms with Crippen LogP contribution in [0.4, 0.5) is 0 Å². The Morgan fingerprint density at radius 3 is 2.62 bits per heavy atom. The number of rotatable bonds is 5. The van der Waals surface area contributed by atoms with Crippen molar-refractivity contribution in [2.75, 3.05) is 33.2 Å². The van der Waals surface area contributed by atoms with Crippen LogP contribution in [0.3, 0.4) is 0 Å². The first-order valence-corrected chi connectivity index (χ1v) is 15.0. The summed E-state index contributed by atoms with van der Waals surface area (Å²) < 4.78 is 0.975. The fourth-order valence-electron chi connectivity index (χ4n) is 6.35. The quantitative estimate of drug-likeness (QED) is 0.212. The monoisotopic (exact) mass is 634 g/mol. The summed E-state index contributed by atoms with van der Waals surface area (Å²) in [5, 5.41) is 10.7. The lowest BCUT2D eigenvalue weighted by Crippen LogP contribution is -2.46. The van der Waals surface area contributed by atoms with Crippen LogP contribution in [-0.2, 0) is 22.4 Å². The van der Waals surface area contributed by atoms with Crippen molar-refractivity contribution in [1.29, 1.82) is 5.41 Å². The lowest BCUT2D eigenvalue weighted by molar-refractivity contribution is -0.133. The molecule has 8 nitrogen and oxygen atoms in total. The Morgan fingerprint density at radius 1 is 1.15 bits per heavy atom. The summed E-state index contributed by atoms with van der Waals surface area (Å²) >= 11 is 16.8. The van der Waals surface area contributed by atoms with Gasteiger partial charge in [-0.15, -0.1) is 0 Å². The van der Waals surface area contributed by atoms with Crippen molar-refractivity contribution >= 4 is 57.4 Å². The Bertz CT molecular complexity index is 1270. The molecule has 3 aliphatic rings. The van der Waals surface area contributed by atoms with E-state index in [1.54, 1.807) is 7.05 Å². The van der Waals surface area contributed by atoms with Crippen LogP contribution in [0.15, 0.2) is 28.9 Å². The summed E-state index contributed by atoms with van der Waals surface area (Å²) in [6, 6.07) is 6.06. The minimum Gasteiger partial charge on any atom is -0.343 e. The summed E-state index contributed by atoms with van der Waals surface area (Å²) in [6.07, 6.45) is 7.35. The van der Waals surface area contributed by atoms with Crippen LogP contribution in [0.2, 0.25) is 10.0 Å². The molecule has 208 valence electrons. The molecule has 1 aromatic heterocycles. The van der Waals surface area contributed by atoms with E-state index in [0.29, 0.717) is 55.0 Å². The number of benzene rings is 1. The van der Waals surface area contributed by atoms with Crippen molar-refractivity contribution in [1.82, 2.24) is 25.2 Å². The number of hydrogen-bond acceptors (Lipinski definition) is 4. The third kappa shape index (κ3) is 6.20. The number of hydrazine groups is 1. The molecule has 2 saturated heterocycles. The van der Waals surface area contributed by atoms with E-state index in [4.69, 9.17) is 33.6 Å². The zero-order valence-corrected chi connectivity index (χ0v) is 25.0. The normalized spacial score (nSPS) is 21.1. The van der Waals surface area contributed by atoms with E-state index in [2.05, 4.69) is 27.4 Å². The number of carbonyl (C=O) groups excluding carboxylic acids is 2. The van der Waals surface area contributed by atoms with Crippen molar-refractivity contribution in [3.05, 3.63) is 61.3 Å². The van der Waals surface area contributed by atoms with Crippen molar-refractivity contribution < 1.29 is 9.59 Å². The SMILES string of the molecule is CN(C=O)NC(=N)N1CCC(CC(=O)N2CCC(C3c4ncc(Br)cc4CCc4cc(Cl)cc(Cl)c43)CC2)C1. The lowest BCUT2D eigenvalue weighted by atomic mass is 9.76. The first kappa shape index (κ1) is 28.2. The van der Waals surface area contributed by atoms with Crippen LogP contribution < -0.4 is 5.43 Å². The molecule has 11 heteroatoms. The van der Waals surface area contributed by atoms with Crippen molar-refractivity contribution in [3.63, 3.8) is 0 Å². The Balaban J connectivity index is 1.25. The van der Waals surface area contributed by atoms with Gasteiger partial charge in [0.15, 0.2) is 0 Å². The smallest absolute Gasteiger partial charge is 0.227 e. The van der Waals surface area contributed by atoms with Gasteiger partial charge in [-0.25, -0.2) is 0 Å². The topological polar surface area (TPSA) is 92.6 Å². The van der Waals surface area contributed by atoms with Gasteiger partial charge in [-0.2, -0.15) is 0 Å². The van der Waals surface area contributed by atoms with Crippen molar-refractivity contribution in [3.8, 4) is 0 Å². The minimum absolute atomic E-state index is 0.0685. The maximum atomic E-state index is 13.2. The highest BCUT2D eigenvalue weighted by Gasteiger charge is 2.37. The molecule has 2 N–H and O–H groups in total. The summed E-state index contributed by atoms with van der Waals surface area (Å²) in [5.41, 5.74) is 7.39. The molecular formula is C28H33BrCl2N6O2. The molecule has 1 aromatic carbocycles. The first-order chi connectivity index (χ1) is 18.7. The molecule has 2 atom stereocenters. The summed E-state index contributed by atoms with van der Waals surface area (Å²) in [5.74, 6) is 0.952. The molecule has 0 saturated carbocycles. The molecule has 1 aliphatic carbocycles. The number of aromatic nitrogens is 1. The zero-order chi connectivity index (χ0) is 27.7. The highest BCUT2D eigenvalue weighted by Crippen LogP contribution is 2.46. The number of aryl methyl sites for hydroxylation is 2. The maximum absolute atomic E-state index is 13.2. The number of fused-ring (bicyclic) bond motifs is 2. The van der Waals surface area contributed by atoms with Crippen LogP contribution in [0.1, 0.15) is 54.0 Å². The standard InChI is InChI=1S/C28H33BrCl2N6O2/c1-35(16-38)34-28(32)37-7-4-17(15-37)10-24(39)36-8-5-18(6-9-36)26-25-19(12-22(30)13-23(25)31)2-3-20-11-21(29)14-33-27(20)26/h11-14,16-18,26H,2-10,15H2,1H3,(H2,32,34). The molecule has 3 heterocycles. The lowest BCUT2D eigenvalue weighted by Gasteiger charge is -2.37. The van der Waals surface area contributed by atoms with Gasteiger partial charge in [0, 0.05) is 66.3 Å². The van der Waals surface area contributed by atoms with Gasteiger partial charge < -0.3 is 9.80 Å². The van der Waals surface area contributed by atoms with Crippen LogP contribution in [0.25, 0.3) is 0 Å². The number of nitrogens with zero attached hydrogens (tertiary/aromatic N) is 4. The van der Waals surface area contributed by atoms with E-state index in [9.17, 15) is 9.59 Å². The Morgan fingerprint density at radius 2 is 1.87 bits per heavy atom. The fourth-order valence-corrected chi connectivity index (χ4v) is 7.39. The Labute approximate surface area is 247 Å². The molecule has 5 rings (SSSR count). The van der Waals surface area contributed by atoms with E-state index in [1.165, 1.54) is 16.1 Å². The van der Waals surface area contributed by atoms with Crippen LogP contribution in [0, 0.1) is 17.2 Å². The minimum atomic E-state index is 0.0685. The van der Waals surface area contributed by atoms with Crippen LogP contribution in [0.5, 0.6) is 0 Å². The summed E-state index contributed by atoms with van der Waals surface area (Å²) in [6.45, 7) is 2.76. The van der Waals surface area contributed by atoms with Gasteiger partial charge in [0.05, 0.1) is 5.69 Å². The summed E-state index contributed by atoms with van der Waals surface area (Å²) in [4.78, 5) is 32.9. The van der Waals surface area contributed by atoms with Crippen LogP contribution in [-0.4, -0.2) is 71.3 Å². The predicted molar refractivity (Wildman–Crippen MR) is 156 cm³/mol. The predicted octanol–water partition coefficient (Wildman–Crippen LogP) is 4.86. The third-order valence-corrected chi connectivity index (χ3v) is 9.25. The second kappa shape index (κ2) is 12.0.